The van der Waals surface area contributed by atoms with E-state index in [2.05, 4.69) is 20.8 Å². The average Bonchev–Trinajstić information content (AvgIpc) is 3.14. The van der Waals surface area contributed by atoms with Crippen LogP contribution in [0.4, 0.5) is 0 Å². The first-order valence-corrected chi connectivity index (χ1v) is 36.3. The van der Waals surface area contributed by atoms with Crippen LogP contribution in [-0.2, 0) is 82.6 Å². The Morgan fingerprint density at radius 2 is 0.471 bits per heavy atom. The number of benzene rings is 6. The Balaban J connectivity index is 0.000000641. The minimum Gasteiger partial charge on any atom is -0.747 e. The molecule has 3 unspecified atom stereocenters. The number of aryl methyl sites for hydroxylation is 6. The van der Waals surface area contributed by atoms with Crippen LogP contribution in [-0.4, -0.2) is 83.2 Å². The first-order valence-electron chi connectivity index (χ1n) is 26.8. The molecule has 21 nitrogen and oxygen atoms in total. The van der Waals surface area contributed by atoms with Crippen LogP contribution in [0.1, 0.15) is 112 Å². The molecule has 0 saturated heterocycles. The minimum absolute atomic E-state index is 0. The smallest absolute Gasteiger partial charge is 0.747 e. The normalized spacial score (nSPS) is 12.8. The summed E-state index contributed by atoms with van der Waals surface area (Å²) in [4.78, 5) is 47.7. The summed E-state index contributed by atoms with van der Waals surface area (Å²) < 4.78 is 150. The van der Waals surface area contributed by atoms with E-state index in [9.17, 15) is 52.6 Å². The quantitative estimate of drug-likeness (QED) is 0.0214. The monoisotopic (exact) mass is 1400 g/mol. The molecular formula is C57H72K3O21P3S3. The molecule has 6 N–H and O–H groups in total. The fourth-order valence-corrected chi connectivity index (χ4v) is 15.5. The summed E-state index contributed by atoms with van der Waals surface area (Å²) in [6.45, 7) is 6.37. The molecule has 0 aliphatic heterocycles. The first-order chi connectivity index (χ1) is 39.3. The number of hydrogen-bond donors (Lipinski definition) is 6. The fourth-order valence-electron chi connectivity index (χ4n) is 8.50. The van der Waals surface area contributed by atoms with Gasteiger partial charge >= 0.3 is 177 Å². The molecular weight excluding hydrogens is 1330 g/mol. The fraction of sp³-hybridized carbons (Fsp3) is 0.368. The van der Waals surface area contributed by atoms with Crippen LogP contribution in [0.2, 0.25) is 0 Å². The minimum atomic E-state index is -5.06. The van der Waals surface area contributed by atoms with E-state index in [1.165, 1.54) is 16.7 Å². The molecule has 0 aliphatic carbocycles. The van der Waals surface area contributed by atoms with Crippen molar-refractivity contribution in [1.82, 2.24) is 0 Å². The van der Waals surface area contributed by atoms with Crippen molar-refractivity contribution in [1.29, 1.82) is 0 Å². The second-order valence-electron chi connectivity index (χ2n) is 19.7. The largest absolute Gasteiger partial charge is 1.00 e. The average molecular weight is 1400 g/mol. The van der Waals surface area contributed by atoms with Gasteiger partial charge in [-0.15, -0.1) is 0 Å². The summed E-state index contributed by atoms with van der Waals surface area (Å²) in [6.07, 6.45) is 6.78. The molecule has 0 radical (unpaired) electrons. The maximum absolute atomic E-state index is 11.2. The second kappa shape index (κ2) is 40.9. The summed E-state index contributed by atoms with van der Waals surface area (Å²) in [5.41, 5.74) is 6.28. The Labute approximate surface area is 639 Å². The van der Waals surface area contributed by atoms with Gasteiger partial charge in [-0.25, -0.2) is 25.3 Å². The van der Waals surface area contributed by atoms with Gasteiger partial charge in [-0.2, -0.15) is 0 Å². The van der Waals surface area contributed by atoms with Gasteiger partial charge in [0.25, 0.3) is 0 Å². The van der Waals surface area contributed by atoms with Gasteiger partial charge in [0.2, 0.25) is 0 Å². The summed E-state index contributed by atoms with van der Waals surface area (Å²) in [5.74, 6) is 4.08. The van der Waals surface area contributed by atoms with Gasteiger partial charge in [-0.3, -0.25) is 13.7 Å². The predicted octanol–water partition coefficient (Wildman–Crippen LogP) is 2.42. The molecule has 0 amide bonds. The maximum atomic E-state index is 11.2. The van der Waals surface area contributed by atoms with E-state index in [1.54, 1.807) is 72.8 Å². The SMILES string of the molecule is CCCc1ccc(Oc2ccc(CCCC(P(=O)(O)O)S(=O)(=O)[O-])cc2)cc1.CCCc1ccc(Oc2ccc(CCCC(P(=O)(O)O)S(=O)(=O)[O-])cc2)cc1.CCCc1ccc(Oc2ccc(CCCC(P(=O)(O)O)S(=O)(=O)[O-])cc2)cc1.[K+].[K+].[K+]. The molecule has 0 fully saturated rings. The Hall–Kier alpha value is -0.191. The van der Waals surface area contributed by atoms with Crippen LogP contribution in [0.25, 0.3) is 0 Å². The van der Waals surface area contributed by atoms with Crippen molar-refractivity contribution in [3.8, 4) is 34.5 Å². The molecule has 0 aliphatic rings. The van der Waals surface area contributed by atoms with Crippen LogP contribution in [0.3, 0.4) is 0 Å². The van der Waals surface area contributed by atoms with Crippen molar-refractivity contribution in [3.63, 3.8) is 0 Å². The summed E-state index contributed by atoms with van der Waals surface area (Å²) in [7, 11) is -30.2. The summed E-state index contributed by atoms with van der Waals surface area (Å²) in [5, 5.41) is 0. The van der Waals surface area contributed by atoms with Crippen molar-refractivity contribution in [3.05, 3.63) is 179 Å². The molecule has 87 heavy (non-hydrogen) atoms. The Bertz CT molecular complexity index is 3090. The Kier molecular flexibility index (Phi) is 39.9. The molecule has 462 valence electrons. The van der Waals surface area contributed by atoms with E-state index in [1.807, 2.05) is 72.8 Å². The molecule has 3 atom stereocenters. The third-order valence-corrected chi connectivity index (χ3v) is 23.3. The standard InChI is InChI=1S/3C19H25O7PS.3K/c3*1-2-4-15-7-11-17(12-8-15)26-18-13-9-16(10-14-18)5-3-6-19(27(20,21)22)28(23,24)25;;;/h3*7-14,19H,2-6H2,1H3,(H2,20,21,22)(H,23,24,25);;;/q;;;3*+1/p-3. The molecule has 0 aromatic heterocycles. The van der Waals surface area contributed by atoms with Gasteiger partial charge in [-0.05, 0) is 183 Å². The van der Waals surface area contributed by atoms with E-state index in [4.69, 9.17) is 43.6 Å². The van der Waals surface area contributed by atoms with Crippen LogP contribution < -0.4 is 168 Å². The van der Waals surface area contributed by atoms with Gasteiger partial charge < -0.3 is 57.2 Å². The predicted molar refractivity (Wildman–Crippen MR) is 316 cm³/mol. The number of rotatable bonds is 30. The van der Waals surface area contributed by atoms with E-state index in [-0.39, 0.29) is 173 Å². The van der Waals surface area contributed by atoms with E-state index in [0.717, 1.165) is 72.5 Å². The Morgan fingerprint density at radius 1 is 0.322 bits per heavy atom. The van der Waals surface area contributed by atoms with E-state index < -0.39 is 87.4 Å². The summed E-state index contributed by atoms with van der Waals surface area (Å²) in [6, 6.07) is 44.9. The van der Waals surface area contributed by atoms with Gasteiger partial charge in [0.1, 0.15) is 64.9 Å². The zero-order valence-corrected chi connectivity index (χ0v) is 64.1. The zero-order valence-electron chi connectivity index (χ0n) is 49.6. The van der Waals surface area contributed by atoms with Crippen LogP contribution in [0, 0.1) is 0 Å². The molecule has 0 bridgehead atoms. The van der Waals surface area contributed by atoms with Gasteiger partial charge in [-0.1, -0.05) is 113 Å². The third kappa shape index (κ3) is 33.2. The maximum Gasteiger partial charge on any atom is 1.00 e. The van der Waals surface area contributed by atoms with E-state index >= 15 is 0 Å². The molecule has 0 heterocycles. The second-order valence-corrected chi connectivity index (χ2v) is 30.8. The van der Waals surface area contributed by atoms with Crippen LogP contribution in [0.15, 0.2) is 146 Å². The van der Waals surface area contributed by atoms with Crippen molar-refractivity contribution in [2.24, 2.45) is 0 Å². The molecule has 0 spiro atoms. The van der Waals surface area contributed by atoms with Gasteiger partial charge in [0.15, 0.2) is 15.0 Å². The zero-order chi connectivity index (χ0) is 62.4. The third-order valence-electron chi connectivity index (χ3n) is 12.7. The number of ether oxygens (including phenoxy) is 3. The van der Waals surface area contributed by atoms with Gasteiger partial charge in [0, 0.05) is 0 Å². The van der Waals surface area contributed by atoms with Gasteiger partial charge in [0.05, 0.1) is 0 Å². The molecule has 6 aromatic rings. The van der Waals surface area contributed by atoms with Crippen molar-refractivity contribution >= 4 is 53.1 Å². The topological polar surface area (TPSA) is 372 Å². The Morgan fingerprint density at radius 3 is 0.598 bits per heavy atom. The van der Waals surface area contributed by atoms with Crippen LogP contribution in [0.5, 0.6) is 34.5 Å². The van der Waals surface area contributed by atoms with Crippen molar-refractivity contribution < 1.29 is 250 Å². The molecule has 6 rings (SSSR count). The van der Waals surface area contributed by atoms with Crippen molar-refractivity contribution in [2.75, 3.05) is 0 Å². The van der Waals surface area contributed by atoms with E-state index in [0.29, 0.717) is 36.5 Å². The molecule has 6 aromatic carbocycles. The molecule has 30 heteroatoms. The van der Waals surface area contributed by atoms with Crippen LogP contribution >= 0.6 is 22.8 Å². The number of hydrogen-bond acceptors (Lipinski definition) is 15. The molecule has 0 saturated carbocycles. The summed E-state index contributed by atoms with van der Waals surface area (Å²) >= 11 is 0. The first kappa shape index (κ1) is 84.8. The van der Waals surface area contributed by atoms with Crippen molar-refractivity contribution in [2.45, 2.75) is 132 Å².